The number of hydrogen-bond acceptors (Lipinski definition) is 7. The predicted molar refractivity (Wildman–Crippen MR) is 112 cm³/mol. The summed E-state index contributed by atoms with van der Waals surface area (Å²) < 4.78 is 16.2. The molecule has 1 fully saturated rings. The molecule has 0 aliphatic heterocycles. The Morgan fingerprint density at radius 1 is 1.10 bits per heavy atom. The molecule has 0 unspecified atom stereocenters. The van der Waals surface area contributed by atoms with Crippen molar-refractivity contribution in [2.75, 3.05) is 14.2 Å². The summed E-state index contributed by atoms with van der Waals surface area (Å²) in [5.74, 6) is 1.11. The number of aromatic nitrogens is 3. The fraction of sp³-hybridized carbons (Fsp3) is 0.238. The van der Waals surface area contributed by atoms with E-state index >= 15 is 0 Å². The van der Waals surface area contributed by atoms with Crippen LogP contribution in [0.3, 0.4) is 0 Å². The molecular formula is C21H18N4O3S. The van der Waals surface area contributed by atoms with Crippen molar-refractivity contribution in [3.05, 3.63) is 42.2 Å². The molecule has 0 bridgehead atoms. The third-order valence-corrected chi connectivity index (χ3v) is 5.88. The van der Waals surface area contributed by atoms with E-state index in [0.29, 0.717) is 28.8 Å². The number of fused-ring (bicyclic) bond motifs is 2. The van der Waals surface area contributed by atoms with Crippen LogP contribution in [0.15, 0.2) is 36.5 Å². The number of rotatable bonds is 5. The molecule has 0 atom stereocenters. The van der Waals surface area contributed by atoms with Crippen LogP contribution >= 0.6 is 11.5 Å². The second-order valence-electron chi connectivity index (χ2n) is 6.97. The first-order valence-corrected chi connectivity index (χ1v) is 10.0. The molecule has 2 aromatic heterocycles. The summed E-state index contributed by atoms with van der Waals surface area (Å²) in [4.78, 5) is 12.6. The van der Waals surface area contributed by atoms with Gasteiger partial charge in [-0.2, -0.15) is 14.6 Å². The zero-order valence-corrected chi connectivity index (χ0v) is 16.7. The summed E-state index contributed by atoms with van der Waals surface area (Å²) in [5, 5.41) is 13.1. The highest BCUT2D eigenvalue weighted by Gasteiger charge is 2.26. The van der Waals surface area contributed by atoms with E-state index in [1.54, 1.807) is 20.4 Å². The van der Waals surface area contributed by atoms with Gasteiger partial charge in [0.2, 0.25) is 0 Å². The molecule has 2 heterocycles. The first-order chi connectivity index (χ1) is 14.2. The van der Waals surface area contributed by atoms with E-state index in [9.17, 15) is 4.79 Å². The molecule has 4 aromatic rings. The highest BCUT2D eigenvalue weighted by Crippen LogP contribution is 2.37. The topological polar surface area (TPSA) is 86.2 Å². The van der Waals surface area contributed by atoms with E-state index < -0.39 is 0 Å². The molecule has 5 rings (SSSR count). The Hall–Kier alpha value is -3.26. The van der Waals surface area contributed by atoms with Crippen molar-refractivity contribution in [2.45, 2.75) is 18.9 Å². The summed E-state index contributed by atoms with van der Waals surface area (Å²) >= 11 is 1.33. The Labute approximate surface area is 170 Å². The maximum absolute atomic E-state index is 12.6. The number of amides is 1. The van der Waals surface area contributed by atoms with Crippen LogP contribution in [0.4, 0.5) is 0 Å². The maximum Gasteiger partial charge on any atom is 0.271 e. The Kier molecular flexibility index (Phi) is 4.28. The van der Waals surface area contributed by atoms with E-state index in [1.807, 2.05) is 30.3 Å². The van der Waals surface area contributed by atoms with E-state index in [1.165, 1.54) is 11.5 Å². The first-order valence-electron chi connectivity index (χ1n) is 9.26. The van der Waals surface area contributed by atoms with Crippen LogP contribution in [0.2, 0.25) is 0 Å². The van der Waals surface area contributed by atoms with Crippen LogP contribution in [0, 0.1) is 0 Å². The summed E-state index contributed by atoms with van der Waals surface area (Å²) in [5.41, 5.74) is 3.02. The summed E-state index contributed by atoms with van der Waals surface area (Å²) in [6.07, 6.45) is 3.80. The average Bonchev–Trinajstić information content (AvgIpc) is 3.46. The van der Waals surface area contributed by atoms with Gasteiger partial charge in [0, 0.05) is 28.4 Å². The highest BCUT2D eigenvalue weighted by molar-refractivity contribution is 7.13. The van der Waals surface area contributed by atoms with E-state index in [2.05, 4.69) is 19.9 Å². The Bertz CT molecular complexity index is 1250. The summed E-state index contributed by atoms with van der Waals surface area (Å²) in [6.45, 7) is 0. The third-order valence-electron chi connectivity index (χ3n) is 5.05. The molecule has 0 radical (unpaired) electrons. The van der Waals surface area contributed by atoms with Crippen LogP contribution in [0.5, 0.6) is 11.5 Å². The van der Waals surface area contributed by atoms with Gasteiger partial charge >= 0.3 is 0 Å². The number of carbonyl (C=O) groups is 1. The Morgan fingerprint density at radius 2 is 1.90 bits per heavy atom. The van der Waals surface area contributed by atoms with Crippen molar-refractivity contribution >= 4 is 38.4 Å². The number of benzene rings is 2. The minimum absolute atomic E-state index is 0.111. The van der Waals surface area contributed by atoms with Gasteiger partial charge in [0.1, 0.15) is 5.69 Å². The maximum atomic E-state index is 12.6. The average molecular weight is 406 g/mol. The van der Waals surface area contributed by atoms with Gasteiger partial charge in [-0.15, -0.1) is 0 Å². The lowest BCUT2D eigenvalue weighted by Gasteiger charge is -2.11. The van der Waals surface area contributed by atoms with Gasteiger partial charge in [0.15, 0.2) is 11.5 Å². The molecule has 29 heavy (non-hydrogen) atoms. The minimum Gasteiger partial charge on any atom is -0.493 e. The predicted octanol–water partition coefficient (Wildman–Crippen LogP) is 3.82. The number of carbonyl (C=O) groups excluding carboxylic acids is 1. The first kappa shape index (κ1) is 17.8. The second-order valence-corrected chi connectivity index (χ2v) is 7.78. The smallest absolute Gasteiger partial charge is 0.271 e. The normalized spacial score (nSPS) is 13.6. The van der Waals surface area contributed by atoms with Crippen molar-refractivity contribution in [3.63, 3.8) is 0 Å². The molecule has 8 heteroatoms. The SMILES string of the molecule is COc1cc2nncc(-c3ccc4snc(C(=O)NC5CC5)c4c3)c2cc1OC. The molecule has 2 aromatic carbocycles. The molecule has 1 amide bonds. The van der Waals surface area contributed by atoms with Gasteiger partial charge < -0.3 is 14.8 Å². The standard InChI is InChI=1S/C21H18N4O3S/c1-27-17-8-13-15(10-22-24-16(13)9-18(17)28-2)11-3-6-19-14(7-11)20(25-29-19)21(26)23-12-4-5-12/h3,6-10,12H,4-5H2,1-2H3,(H,23,26). The van der Waals surface area contributed by atoms with E-state index in [-0.39, 0.29) is 5.91 Å². The van der Waals surface area contributed by atoms with Gasteiger partial charge in [-0.3, -0.25) is 4.79 Å². The lowest BCUT2D eigenvalue weighted by atomic mass is 10.0. The molecule has 0 spiro atoms. The zero-order chi connectivity index (χ0) is 20.0. The van der Waals surface area contributed by atoms with Crippen molar-refractivity contribution in [1.82, 2.24) is 19.9 Å². The lowest BCUT2D eigenvalue weighted by molar-refractivity contribution is 0.0949. The van der Waals surface area contributed by atoms with E-state index in [4.69, 9.17) is 9.47 Å². The monoisotopic (exact) mass is 406 g/mol. The van der Waals surface area contributed by atoms with E-state index in [0.717, 1.165) is 39.4 Å². The zero-order valence-electron chi connectivity index (χ0n) is 15.9. The number of hydrogen-bond donors (Lipinski definition) is 1. The van der Waals surface area contributed by atoms with Crippen LogP contribution in [-0.4, -0.2) is 40.7 Å². The Morgan fingerprint density at radius 3 is 2.66 bits per heavy atom. The van der Waals surface area contributed by atoms with Crippen LogP contribution in [-0.2, 0) is 0 Å². The minimum atomic E-state index is -0.111. The van der Waals surface area contributed by atoms with Gasteiger partial charge in [-0.25, -0.2) is 0 Å². The lowest BCUT2D eigenvalue weighted by Crippen LogP contribution is -2.25. The quantitative estimate of drug-likeness (QED) is 0.542. The fourth-order valence-electron chi connectivity index (χ4n) is 3.37. The van der Waals surface area contributed by atoms with Crippen LogP contribution < -0.4 is 14.8 Å². The van der Waals surface area contributed by atoms with Crippen molar-refractivity contribution in [2.24, 2.45) is 0 Å². The largest absolute Gasteiger partial charge is 0.493 e. The highest BCUT2D eigenvalue weighted by atomic mass is 32.1. The molecule has 0 saturated heterocycles. The molecule has 1 N–H and O–H groups in total. The van der Waals surface area contributed by atoms with Crippen molar-refractivity contribution < 1.29 is 14.3 Å². The van der Waals surface area contributed by atoms with Crippen molar-refractivity contribution in [3.8, 4) is 22.6 Å². The third kappa shape index (κ3) is 3.15. The number of nitrogens with zero attached hydrogens (tertiary/aromatic N) is 3. The fourth-order valence-corrected chi connectivity index (χ4v) is 4.12. The van der Waals surface area contributed by atoms with Gasteiger partial charge in [-0.1, -0.05) is 6.07 Å². The molecular weight excluding hydrogens is 388 g/mol. The van der Waals surface area contributed by atoms with Crippen LogP contribution in [0.25, 0.3) is 32.1 Å². The summed E-state index contributed by atoms with van der Waals surface area (Å²) in [7, 11) is 3.19. The van der Waals surface area contributed by atoms with Gasteiger partial charge in [0.05, 0.1) is 30.6 Å². The second kappa shape index (κ2) is 6.97. The van der Waals surface area contributed by atoms with Crippen LogP contribution in [0.1, 0.15) is 23.3 Å². The number of nitrogens with one attached hydrogen (secondary N) is 1. The number of ether oxygens (including phenoxy) is 2. The molecule has 146 valence electrons. The molecule has 7 nitrogen and oxygen atoms in total. The van der Waals surface area contributed by atoms with Gasteiger partial charge in [0.25, 0.3) is 5.91 Å². The van der Waals surface area contributed by atoms with Crippen molar-refractivity contribution in [1.29, 1.82) is 0 Å². The molecule has 1 aliphatic carbocycles. The molecule has 1 aliphatic rings. The molecule has 1 saturated carbocycles. The van der Waals surface area contributed by atoms with Gasteiger partial charge in [-0.05, 0) is 48.1 Å². The summed E-state index contributed by atoms with van der Waals surface area (Å²) in [6, 6.07) is 9.99. The number of methoxy groups -OCH3 is 2. The Balaban J connectivity index is 1.65.